The maximum Gasteiger partial charge on any atom is 0.500 e. The van der Waals surface area contributed by atoms with Crippen molar-refractivity contribution in [3.63, 3.8) is 0 Å². The summed E-state index contributed by atoms with van der Waals surface area (Å²) in [5.41, 5.74) is 1.73. The second kappa shape index (κ2) is 13.9. The number of benzene rings is 2. The zero-order valence-corrected chi connectivity index (χ0v) is 30.5. The molecule has 2 atom stereocenters. The van der Waals surface area contributed by atoms with E-state index in [2.05, 4.69) is 19.9 Å². The maximum atomic E-state index is 12.8. The predicted molar refractivity (Wildman–Crippen MR) is 188 cm³/mol. The van der Waals surface area contributed by atoms with Gasteiger partial charge in [-0.3, -0.25) is 9.80 Å². The van der Waals surface area contributed by atoms with Crippen LogP contribution in [0, 0.1) is 0 Å². The van der Waals surface area contributed by atoms with Gasteiger partial charge in [0, 0.05) is 13.1 Å². The van der Waals surface area contributed by atoms with E-state index in [4.69, 9.17) is 17.8 Å². The van der Waals surface area contributed by atoms with Gasteiger partial charge in [0.1, 0.15) is 34.3 Å². The van der Waals surface area contributed by atoms with E-state index in [9.17, 15) is 18.0 Å². The number of hydrogen-bond donors (Lipinski definition) is 2. The molecule has 6 rings (SSSR count). The first kappa shape index (κ1) is 35.8. The van der Waals surface area contributed by atoms with E-state index in [0.717, 1.165) is 36.8 Å². The minimum Gasteiger partial charge on any atom is -0.444 e. The number of carbonyl (C=O) groups excluding carboxylic acids is 2. The Morgan fingerprint density at radius 2 is 1.04 bits per heavy atom. The number of ether oxygens (including phenoxy) is 2. The van der Waals surface area contributed by atoms with Gasteiger partial charge >= 0.3 is 22.6 Å². The monoisotopic (exact) mass is 720 g/mol. The lowest BCUT2D eigenvalue weighted by atomic mass is 10.1. The topological polar surface area (TPSA) is 169 Å². The smallest absolute Gasteiger partial charge is 0.444 e. The van der Waals surface area contributed by atoms with E-state index in [1.54, 1.807) is 46.5 Å². The Kier molecular flexibility index (Phi) is 9.77. The first-order valence-corrected chi connectivity index (χ1v) is 18.3. The summed E-state index contributed by atoms with van der Waals surface area (Å²) in [6, 6.07) is 12.4. The van der Waals surface area contributed by atoms with Crippen LogP contribution in [-0.2, 0) is 19.9 Å². The van der Waals surface area contributed by atoms with Crippen LogP contribution in [-0.4, -0.2) is 74.6 Å². The van der Waals surface area contributed by atoms with Crippen molar-refractivity contribution >= 4 is 22.6 Å². The Hall–Kier alpha value is -5.05. The Morgan fingerprint density at radius 1 is 0.667 bits per heavy atom. The minimum absolute atomic E-state index is 0.0688. The standard InChI is InChI=1S/C36H44N6O8S/c1-35(2,3)47-33(43)41-19-7-9-29(41)31-37-21-27(39-31)23-11-15-25(16-12-23)49-51(45,46)50-26-17-13-24(14-18-26)28-22-38-32(40-28)30-10-8-20-42(30)34(44)48-36(4,5)6/h11-18,21-22,29-30H,7-10,19-20H2,1-6H3,(H,37,39)(H,38,40)/t29-,30-/m0/s1. The van der Waals surface area contributed by atoms with Crippen molar-refractivity contribution in [2.45, 2.75) is 90.5 Å². The second-order valence-electron chi connectivity index (χ2n) is 14.7. The molecule has 0 radical (unpaired) electrons. The van der Waals surface area contributed by atoms with Gasteiger partial charge in [-0.1, -0.05) is 0 Å². The number of aromatic amines is 2. The summed E-state index contributed by atoms with van der Waals surface area (Å²) < 4.78 is 47.1. The number of likely N-dealkylation sites (tertiary alicyclic amines) is 2. The van der Waals surface area contributed by atoms with Gasteiger partial charge in [-0.15, -0.1) is 8.42 Å². The molecule has 2 fully saturated rings. The molecule has 4 aromatic rings. The van der Waals surface area contributed by atoms with Gasteiger partial charge in [0.15, 0.2) is 0 Å². The SMILES string of the molecule is CC(C)(C)OC(=O)N1CCC[C@H]1c1ncc(-c2ccc(OS(=O)(=O)Oc3ccc(-c4cnc([C@@H]5CCCN5C(=O)OC(C)(C)C)[nH]4)cc3)cc2)[nH]1. The number of amides is 2. The van der Waals surface area contributed by atoms with E-state index in [-0.39, 0.29) is 35.8 Å². The molecule has 2 N–H and O–H groups in total. The van der Waals surface area contributed by atoms with Crippen molar-refractivity contribution in [1.82, 2.24) is 29.7 Å². The molecular formula is C36H44N6O8S. The first-order chi connectivity index (χ1) is 24.0. The average Bonchev–Trinajstić information content (AvgIpc) is 3.86. The fourth-order valence-electron chi connectivity index (χ4n) is 6.12. The van der Waals surface area contributed by atoms with E-state index in [1.807, 2.05) is 41.5 Å². The van der Waals surface area contributed by atoms with Crippen LogP contribution in [0.4, 0.5) is 9.59 Å². The van der Waals surface area contributed by atoms with Crippen molar-refractivity contribution in [1.29, 1.82) is 0 Å². The number of H-pyrrole nitrogens is 2. The fraction of sp³-hybridized carbons (Fsp3) is 0.444. The maximum absolute atomic E-state index is 12.8. The largest absolute Gasteiger partial charge is 0.500 e. The Bertz CT molecular complexity index is 1820. The van der Waals surface area contributed by atoms with Gasteiger partial charge in [-0.05, 0) is 127 Å². The molecule has 51 heavy (non-hydrogen) atoms. The molecule has 0 spiro atoms. The van der Waals surface area contributed by atoms with Crippen molar-refractivity contribution in [2.75, 3.05) is 13.1 Å². The summed E-state index contributed by atoms with van der Waals surface area (Å²) in [6.07, 6.45) is 5.83. The molecule has 2 aliphatic rings. The van der Waals surface area contributed by atoms with Gasteiger partial charge < -0.3 is 27.8 Å². The van der Waals surface area contributed by atoms with Crippen LogP contribution in [0.1, 0.15) is 91.0 Å². The van der Waals surface area contributed by atoms with Crippen LogP contribution in [0.5, 0.6) is 11.5 Å². The quantitative estimate of drug-likeness (QED) is 0.188. The molecule has 2 aromatic heterocycles. The zero-order valence-electron chi connectivity index (χ0n) is 29.6. The summed E-state index contributed by atoms with van der Waals surface area (Å²) in [5, 5.41) is 0. The molecule has 0 bridgehead atoms. The van der Waals surface area contributed by atoms with Crippen LogP contribution in [0.2, 0.25) is 0 Å². The van der Waals surface area contributed by atoms with E-state index >= 15 is 0 Å². The minimum atomic E-state index is -4.45. The van der Waals surface area contributed by atoms with Crippen molar-refractivity contribution in [3.05, 3.63) is 72.6 Å². The van der Waals surface area contributed by atoms with E-state index < -0.39 is 21.6 Å². The molecule has 0 aliphatic carbocycles. The lowest BCUT2D eigenvalue weighted by Crippen LogP contribution is -2.36. The molecular weight excluding hydrogens is 676 g/mol. The van der Waals surface area contributed by atoms with E-state index in [1.165, 1.54) is 24.3 Å². The van der Waals surface area contributed by atoms with Gasteiger partial charge in [0.05, 0.1) is 35.9 Å². The summed E-state index contributed by atoms with van der Waals surface area (Å²) in [7, 11) is -4.45. The highest BCUT2D eigenvalue weighted by Crippen LogP contribution is 2.35. The average molecular weight is 721 g/mol. The number of nitrogens with zero attached hydrogens (tertiary/aromatic N) is 4. The predicted octanol–water partition coefficient (Wildman–Crippen LogP) is 7.31. The van der Waals surface area contributed by atoms with Crippen molar-refractivity contribution in [2.24, 2.45) is 0 Å². The Morgan fingerprint density at radius 3 is 1.39 bits per heavy atom. The lowest BCUT2D eigenvalue weighted by Gasteiger charge is -2.27. The fourth-order valence-corrected chi connectivity index (χ4v) is 6.85. The Labute approximate surface area is 297 Å². The van der Waals surface area contributed by atoms with Crippen LogP contribution in [0.3, 0.4) is 0 Å². The summed E-state index contributed by atoms with van der Waals surface area (Å²) in [4.78, 5) is 44.5. The van der Waals surface area contributed by atoms with Gasteiger partial charge in [0.25, 0.3) is 0 Å². The summed E-state index contributed by atoms with van der Waals surface area (Å²) in [6.45, 7) is 12.2. The first-order valence-electron chi connectivity index (χ1n) is 17.0. The zero-order chi connectivity index (χ0) is 36.6. The summed E-state index contributed by atoms with van der Waals surface area (Å²) in [5.74, 6) is 1.45. The molecule has 2 saturated heterocycles. The van der Waals surface area contributed by atoms with Crippen LogP contribution in [0.25, 0.3) is 22.5 Å². The molecule has 4 heterocycles. The molecule has 0 saturated carbocycles. The van der Waals surface area contributed by atoms with Gasteiger partial charge in [-0.25, -0.2) is 19.6 Å². The molecule has 15 heteroatoms. The third-order valence-electron chi connectivity index (χ3n) is 8.31. The molecule has 0 unspecified atom stereocenters. The number of carbonyl (C=O) groups is 2. The highest BCUT2D eigenvalue weighted by Gasteiger charge is 2.36. The molecule has 2 aliphatic heterocycles. The van der Waals surface area contributed by atoms with Crippen LogP contribution >= 0.6 is 0 Å². The normalized spacial score (nSPS) is 18.2. The number of rotatable bonds is 8. The summed E-state index contributed by atoms with van der Waals surface area (Å²) >= 11 is 0. The van der Waals surface area contributed by atoms with Crippen LogP contribution in [0.15, 0.2) is 60.9 Å². The second-order valence-corrected chi connectivity index (χ2v) is 15.8. The van der Waals surface area contributed by atoms with Gasteiger partial charge in [-0.2, -0.15) is 0 Å². The molecule has 272 valence electrons. The van der Waals surface area contributed by atoms with Crippen molar-refractivity contribution < 1.29 is 35.8 Å². The number of aromatic nitrogens is 4. The number of nitrogens with one attached hydrogen (secondary N) is 2. The van der Waals surface area contributed by atoms with Crippen molar-refractivity contribution in [3.8, 4) is 34.0 Å². The van der Waals surface area contributed by atoms with Crippen LogP contribution < -0.4 is 8.37 Å². The molecule has 2 aromatic carbocycles. The molecule has 14 nitrogen and oxygen atoms in total. The Balaban J connectivity index is 1.05. The lowest BCUT2D eigenvalue weighted by molar-refractivity contribution is 0.0208. The number of hydrogen-bond acceptors (Lipinski definition) is 10. The highest BCUT2D eigenvalue weighted by atomic mass is 32.3. The third kappa shape index (κ3) is 8.82. The number of imidazole rings is 2. The molecule has 2 amide bonds. The van der Waals surface area contributed by atoms with Gasteiger partial charge in [0.2, 0.25) is 0 Å². The third-order valence-corrected chi connectivity index (χ3v) is 9.10. The van der Waals surface area contributed by atoms with E-state index in [0.29, 0.717) is 36.1 Å². The highest BCUT2D eigenvalue weighted by molar-refractivity contribution is 7.82.